The summed E-state index contributed by atoms with van der Waals surface area (Å²) < 4.78 is 5.34. The van der Waals surface area contributed by atoms with Crippen LogP contribution in [0.3, 0.4) is 0 Å². The van der Waals surface area contributed by atoms with Crippen molar-refractivity contribution >= 4 is 34.5 Å². The number of ether oxygens (including phenoxy) is 1. The minimum Gasteiger partial charge on any atom is -0.480 e. The fraction of sp³-hybridized carbons (Fsp3) is 0.857. The molecule has 1 heterocycles. The van der Waals surface area contributed by atoms with Crippen LogP contribution in [0.1, 0.15) is 19.3 Å². The van der Waals surface area contributed by atoms with Crippen LogP contribution in [0.2, 0.25) is 0 Å². The molecule has 12 heteroatoms. The van der Waals surface area contributed by atoms with Crippen molar-refractivity contribution < 1.29 is 40.3 Å². The Hall–Kier alpha value is -0.600. The summed E-state index contributed by atoms with van der Waals surface area (Å²) in [6.45, 7) is -0.524. The first kappa shape index (κ1) is 23.4. The number of nitrogens with zero attached hydrogens (tertiary/aromatic N) is 1. The van der Waals surface area contributed by atoms with Crippen LogP contribution in [0, 0.1) is 0 Å². The maximum Gasteiger partial charge on any atom is 0.321 e. The molecule has 0 unspecified atom stereocenters. The van der Waals surface area contributed by atoms with Crippen LogP contribution in [-0.4, -0.2) is 95.8 Å². The van der Waals surface area contributed by atoms with Crippen molar-refractivity contribution in [2.75, 3.05) is 18.1 Å². The van der Waals surface area contributed by atoms with E-state index in [0.29, 0.717) is 24.3 Å². The van der Waals surface area contributed by atoms with Crippen LogP contribution in [0.15, 0.2) is 5.16 Å². The number of oxime groups is 1. The average Bonchev–Trinajstić information content (AvgIpc) is 2.63. The van der Waals surface area contributed by atoms with E-state index >= 15 is 0 Å². The standard InChI is InChI=1S/C14H26N2O8S2/c15-7(13(21)22)6-25-4-2-1-3-9(16-23)26-14-12(20)11(19)10(18)8(5-17)24-14/h7-8,10-12,14,17-20,23H,1-6,15H2,(H,21,22)/b16-9+/t7-,8+,10+,11-,12+,14-/m0/s1. The topological polar surface area (TPSA) is 186 Å². The number of aliphatic hydroxyl groups is 4. The molecule has 0 aromatic heterocycles. The molecular formula is C14H26N2O8S2. The highest BCUT2D eigenvalue weighted by Crippen LogP contribution is 2.30. The number of carboxylic acid groups (broad SMARTS) is 1. The van der Waals surface area contributed by atoms with Gasteiger partial charge < -0.3 is 41.2 Å². The summed E-state index contributed by atoms with van der Waals surface area (Å²) in [6.07, 6.45) is -3.54. The zero-order valence-corrected chi connectivity index (χ0v) is 15.7. The predicted octanol–water partition coefficient (Wildman–Crippen LogP) is -1.38. The molecular weight excluding hydrogens is 388 g/mol. The lowest BCUT2D eigenvalue weighted by molar-refractivity contribution is -0.205. The fourth-order valence-corrected chi connectivity index (χ4v) is 4.24. The highest BCUT2D eigenvalue weighted by molar-refractivity contribution is 8.14. The van der Waals surface area contributed by atoms with Gasteiger partial charge in [-0.3, -0.25) is 4.79 Å². The summed E-state index contributed by atoms with van der Waals surface area (Å²) in [4.78, 5) is 10.6. The van der Waals surface area contributed by atoms with E-state index in [1.165, 1.54) is 11.8 Å². The normalized spacial score (nSPS) is 31.0. The van der Waals surface area contributed by atoms with Crippen molar-refractivity contribution in [3.8, 4) is 0 Å². The van der Waals surface area contributed by atoms with E-state index in [0.717, 1.165) is 18.2 Å². The lowest BCUT2D eigenvalue weighted by atomic mass is 10.0. The fourth-order valence-electron chi connectivity index (χ4n) is 2.19. The number of aliphatic hydroxyl groups excluding tert-OH is 4. The van der Waals surface area contributed by atoms with Crippen LogP contribution in [0.5, 0.6) is 0 Å². The first-order chi connectivity index (χ1) is 12.3. The quantitative estimate of drug-likeness (QED) is 0.0734. The van der Waals surface area contributed by atoms with Crippen molar-refractivity contribution in [3.05, 3.63) is 0 Å². The maximum atomic E-state index is 10.6. The Bertz CT molecular complexity index is 468. The SMILES string of the molecule is N[C@@H](CSCCCC/C(=N\O)S[C@@H]1O[C@H](CO)[C@@H](O)[C@H](O)[C@H]1O)C(=O)O. The molecule has 0 saturated carbocycles. The molecule has 0 aliphatic carbocycles. The predicted molar refractivity (Wildman–Crippen MR) is 97.4 cm³/mol. The Morgan fingerprint density at radius 1 is 1.19 bits per heavy atom. The van der Waals surface area contributed by atoms with Crippen LogP contribution in [-0.2, 0) is 9.53 Å². The molecule has 1 aliphatic heterocycles. The van der Waals surface area contributed by atoms with E-state index in [1.54, 1.807) is 0 Å². The molecule has 1 rings (SSSR count). The van der Waals surface area contributed by atoms with Crippen molar-refractivity contribution in [2.24, 2.45) is 10.9 Å². The van der Waals surface area contributed by atoms with Gasteiger partial charge in [-0.25, -0.2) is 0 Å². The summed E-state index contributed by atoms with van der Waals surface area (Å²) in [6, 6.07) is -0.892. The molecule has 0 spiro atoms. The molecule has 1 aliphatic rings. The average molecular weight is 415 g/mol. The molecule has 0 radical (unpaired) electrons. The van der Waals surface area contributed by atoms with E-state index < -0.39 is 48.5 Å². The summed E-state index contributed by atoms with van der Waals surface area (Å²) in [5.41, 5.74) is 4.41. The molecule has 0 amide bonds. The van der Waals surface area contributed by atoms with Gasteiger partial charge in [-0.2, -0.15) is 11.8 Å². The third-order valence-electron chi connectivity index (χ3n) is 3.76. The highest BCUT2D eigenvalue weighted by Gasteiger charge is 2.44. The number of aliphatic carboxylic acids is 1. The number of unbranched alkanes of at least 4 members (excludes halogenated alkanes) is 1. The molecule has 0 bridgehead atoms. The van der Waals surface area contributed by atoms with Gasteiger partial charge in [0.25, 0.3) is 0 Å². The highest BCUT2D eigenvalue weighted by atomic mass is 32.2. The summed E-state index contributed by atoms with van der Waals surface area (Å²) in [7, 11) is 0. The van der Waals surface area contributed by atoms with Gasteiger partial charge in [0.05, 0.1) is 6.61 Å². The van der Waals surface area contributed by atoms with Crippen LogP contribution in [0.4, 0.5) is 0 Å². The van der Waals surface area contributed by atoms with Crippen LogP contribution in [0.25, 0.3) is 0 Å². The lowest BCUT2D eigenvalue weighted by Crippen LogP contribution is -2.57. The monoisotopic (exact) mass is 414 g/mol. The Labute approximate surface area is 159 Å². The minimum atomic E-state index is -1.48. The Balaban J connectivity index is 2.35. The number of nitrogens with two attached hydrogens (primary N) is 1. The van der Waals surface area contributed by atoms with E-state index in [-0.39, 0.29) is 5.04 Å². The Kier molecular flexibility index (Phi) is 10.8. The zero-order chi connectivity index (χ0) is 19.7. The largest absolute Gasteiger partial charge is 0.480 e. The van der Waals surface area contributed by atoms with Crippen molar-refractivity contribution in [3.63, 3.8) is 0 Å². The van der Waals surface area contributed by atoms with E-state index in [1.807, 2.05) is 0 Å². The Morgan fingerprint density at radius 2 is 1.88 bits per heavy atom. The second kappa shape index (κ2) is 12.0. The van der Waals surface area contributed by atoms with Gasteiger partial charge in [-0.1, -0.05) is 16.9 Å². The van der Waals surface area contributed by atoms with E-state index in [2.05, 4.69) is 5.16 Å². The number of thioether (sulfide) groups is 2. The smallest absolute Gasteiger partial charge is 0.321 e. The third-order valence-corrected chi connectivity index (χ3v) is 6.11. The van der Waals surface area contributed by atoms with Crippen LogP contribution >= 0.6 is 23.5 Å². The van der Waals surface area contributed by atoms with Crippen molar-refractivity contribution in [2.45, 2.75) is 55.2 Å². The van der Waals surface area contributed by atoms with Gasteiger partial charge in [0.15, 0.2) is 0 Å². The maximum absolute atomic E-state index is 10.6. The van der Waals surface area contributed by atoms with Crippen molar-refractivity contribution in [1.29, 1.82) is 0 Å². The Morgan fingerprint density at radius 3 is 2.46 bits per heavy atom. The van der Waals surface area contributed by atoms with Gasteiger partial charge in [0.2, 0.25) is 0 Å². The number of carbonyl (C=O) groups is 1. The molecule has 10 nitrogen and oxygen atoms in total. The van der Waals surface area contributed by atoms with E-state index in [9.17, 15) is 20.1 Å². The van der Waals surface area contributed by atoms with Gasteiger partial charge in [-0.05, 0) is 25.0 Å². The second-order valence-electron chi connectivity index (χ2n) is 5.79. The zero-order valence-electron chi connectivity index (χ0n) is 14.0. The van der Waals surface area contributed by atoms with Gasteiger partial charge in [0, 0.05) is 5.75 Å². The molecule has 8 N–H and O–H groups in total. The number of hydrogen-bond acceptors (Lipinski definition) is 11. The molecule has 0 aromatic carbocycles. The lowest BCUT2D eigenvalue weighted by Gasteiger charge is -2.39. The molecule has 26 heavy (non-hydrogen) atoms. The van der Waals surface area contributed by atoms with E-state index in [4.69, 9.17) is 25.9 Å². The summed E-state index contributed by atoms with van der Waals surface area (Å²) >= 11 is 2.33. The molecule has 0 aromatic rings. The number of rotatable bonds is 10. The molecule has 152 valence electrons. The third kappa shape index (κ3) is 7.19. The van der Waals surface area contributed by atoms with Crippen molar-refractivity contribution in [1.82, 2.24) is 0 Å². The van der Waals surface area contributed by atoms with Gasteiger partial charge in [-0.15, -0.1) is 0 Å². The summed E-state index contributed by atoms with van der Waals surface area (Å²) in [5.74, 6) is -0.0246. The number of hydrogen-bond donors (Lipinski definition) is 7. The first-order valence-corrected chi connectivity index (χ1v) is 10.1. The molecule has 1 fully saturated rings. The first-order valence-electron chi connectivity index (χ1n) is 8.06. The van der Waals surface area contributed by atoms with Gasteiger partial charge >= 0.3 is 5.97 Å². The van der Waals surface area contributed by atoms with Gasteiger partial charge in [0.1, 0.15) is 40.9 Å². The number of carboxylic acids is 1. The second-order valence-corrected chi connectivity index (χ2v) is 8.11. The molecule has 6 atom stereocenters. The minimum absolute atomic E-state index is 0.279. The van der Waals surface area contributed by atoms with Crippen LogP contribution < -0.4 is 5.73 Å². The summed E-state index contributed by atoms with van der Waals surface area (Å²) in [5, 5.41) is 59.8. The molecule has 1 saturated heterocycles.